The molecule has 3 heteroatoms. The molecule has 0 fully saturated rings. The highest BCUT2D eigenvalue weighted by Gasteiger charge is 2.17. The average molecular weight is 219 g/mol. The minimum atomic E-state index is -0.276. The first-order chi connectivity index (χ1) is 7.57. The van der Waals surface area contributed by atoms with Crippen molar-refractivity contribution in [1.29, 1.82) is 0 Å². The molecule has 0 saturated carbocycles. The van der Waals surface area contributed by atoms with Gasteiger partial charge in [-0.3, -0.25) is 4.79 Å². The fourth-order valence-electron chi connectivity index (χ4n) is 2.18. The van der Waals surface area contributed by atoms with E-state index in [0.717, 1.165) is 17.2 Å². The van der Waals surface area contributed by atoms with E-state index in [2.05, 4.69) is 0 Å². The zero-order chi connectivity index (χ0) is 11.9. The van der Waals surface area contributed by atoms with Crippen LogP contribution in [-0.2, 0) is 0 Å². The zero-order valence-corrected chi connectivity index (χ0v) is 9.62. The Morgan fingerprint density at radius 1 is 1.38 bits per heavy atom. The van der Waals surface area contributed by atoms with Crippen molar-refractivity contribution in [3.8, 4) is 0 Å². The Kier molecular flexibility index (Phi) is 2.54. The summed E-state index contributed by atoms with van der Waals surface area (Å²) in [6, 6.07) is 5.01. The smallest absolute Gasteiger partial charge is 0.166 e. The summed E-state index contributed by atoms with van der Waals surface area (Å²) in [5, 5.41) is 0.816. The first kappa shape index (κ1) is 10.9. The first-order valence-corrected chi connectivity index (χ1v) is 5.32. The van der Waals surface area contributed by atoms with E-state index in [4.69, 9.17) is 0 Å². The van der Waals surface area contributed by atoms with Gasteiger partial charge in [0.1, 0.15) is 5.82 Å². The molecule has 1 aromatic heterocycles. The standard InChI is InChI=1S/C13H14FNO/c1-8(2)15-12(7-16)9(3)10-5-4-6-11(14)13(10)15/h4-8H,1-3H3. The summed E-state index contributed by atoms with van der Waals surface area (Å²) in [5.41, 5.74) is 1.94. The Balaban J connectivity index is 2.98. The third-order valence-electron chi connectivity index (χ3n) is 2.90. The van der Waals surface area contributed by atoms with Gasteiger partial charge in [0.2, 0.25) is 0 Å². The number of halogens is 1. The average Bonchev–Trinajstić information content (AvgIpc) is 2.53. The first-order valence-electron chi connectivity index (χ1n) is 5.32. The number of hydrogen-bond acceptors (Lipinski definition) is 1. The molecule has 0 aliphatic heterocycles. The van der Waals surface area contributed by atoms with Crippen molar-refractivity contribution < 1.29 is 9.18 Å². The Morgan fingerprint density at radius 3 is 2.62 bits per heavy atom. The lowest BCUT2D eigenvalue weighted by Gasteiger charge is -2.12. The number of carbonyl (C=O) groups excluding carboxylic acids is 1. The number of benzene rings is 1. The van der Waals surface area contributed by atoms with E-state index in [1.807, 2.05) is 26.8 Å². The molecular formula is C13H14FNO. The molecule has 0 aliphatic rings. The van der Waals surface area contributed by atoms with Crippen molar-refractivity contribution in [3.63, 3.8) is 0 Å². The summed E-state index contributed by atoms with van der Waals surface area (Å²) in [5.74, 6) is -0.276. The van der Waals surface area contributed by atoms with Crippen LogP contribution in [0.5, 0.6) is 0 Å². The van der Waals surface area contributed by atoms with Crippen LogP contribution >= 0.6 is 0 Å². The zero-order valence-electron chi connectivity index (χ0n) is 9.62. The molecule has 0 spiro atoms. The lowest BCUT2D eigenvalue weighted by atomic mass is 10.1. The van der Waals surface area contributed by atoms with Gasteiger partial charge in [-0.25, -0.2) is 4.39 Å². The van der Waals surface area contributed by atoms with Crippen molar-refractivity contribution in [1.82, 2.24) is 4.57 Å². The number of rotatable bonds is 2. The van der Waals surface area contributed by atoms with E-state index in [9.17, 15) is 9.18 Å². The Morgan fingerprint density at radius 2 is 2.06 bits per heavy atom. The van der Waals surface area contributed by atoms with Crippen LogP contribution in [0, 0.1) is 12.7 Å². The molecule has 2 aromatic rings. The third-order valence-corrected chi connectivity index (χ3v) is 2.90. The molecular weight excluding hydrogens is 205 g/mol. The number of aldehydes is 1. The van der Waals surface area contributed by atoms with Gasteiger partial charge in [-0.1, -0.05) is 12.1 Å². The summed E-state index contributed by atoms with van der Waals surface area (Å²) in [6.45, 7) is 5.74. The molecule has 0 N–H and O–H groups in total. The molecule has 0 bridgehead atoms. The van der Waals surface area contributed by atoms with Crippen molar-refractivity contribution in [3.05, 3.63) is 35.3 Å². The number of hydrogen-bond donors (Lipinski definition) is 0. The second kappa shape index (κ2) is 3.74. The van der Waals surface area contributed by atoms with E-state index in [-0.39, 0.29) is 11.9 Å². The number of aryl methyl sites for hydroxylation is 1. The summed E-state index contributed by atoms with van der Waals surface area (Å²) in [7, 11) is 0. The van der Waals surface area contributed by atoms with Crippen LogP contribution in [0.2, 0.25) is 0 Å². The molecule has 0 saturated heterocycles. The largest absolute Gasteiger partial charge is 0.333 e. The molecule has 1 aromatic carbocycles. The molecule has 0 unspecified atom stereocenters. The topological polar surface area (TPSA) is 22.0 Å². The minimum absolute atomic E-state index is 0.0632. The number of carbonyl (C=O) groups is 1. The van der Waals surface area contributed by atoms with Crippen molar-refractivity contribution in [2.45, 2.75) is 26.8 Å². The van der Waals surface area contributed by atoms with Crippen LogP contribution in [0.4, 0.5) is 4.39 Å². The van der Waals surface area contributed by atoms with Crippen LogP contribution in [-0.4, -0.2) is 10.9 Å². The lowest BCUT2D eigenvalue weighted by Crippen LogP contribution is -2.06. The fourth-order valence-corrected chi connectivity index (χ4v) is 2.18. The number of nitrogens with zero attached hydrogens (tertiary/aromatic N) is 1. The summed E-state index contributed by atoms with van der Waals surface area (Å²) >= 11 is 0. The lowest BCUT2D eigenvalue weighted by molar-refractivity contribution is 0.111. The van der Waals surface area contributed by atoms with Gasteiger partial charge in [0.15, 0.2) is 6.29 Å². The SMILES string of the molecule is Cc1c(C=O)n(C(C)C)c2c(F)cccc12. The monoisotopic (exact) mass is 219 g/mol. The van der Waals surface area contributed by atoms with E-state index in [1.165, 1.54) is 6.07 Å². The summed E-state index contributed by atoms with van der Waals surface area (Å²) < 4.78 is 15.6. The highest BCUT2D eigenvalue weighted by atomic mass is 19.1. The maximum atomic E-state index is 13.8. The molecule has 2 rings (SSSR count). The van der Waals surface area contributed by atoms with Gasteiger partial charge >= 0.3 is 0 Å². The van der Waals surface area contributed by atoms with Gasteiger partial charge < -0.3 is 4.57 Å². The van der Waals surface area contributed by atoms with E-state index in [0.29, 0.717) is 11.2 Å². The van der Waals surface area contributed by atoms with Crippen molar-refractivity contribution in [2.24, 2.45) is 0 Å². The van der Waals surface area contributed by atoms with Crippen LogP contribution in [0.25, 0.3) is 10.9 Å². The highest BCUT2D eigenvalue weighted by Crippen LogP contribution is 2.29. The second-order valence-corrected chi connectivity index (χ2v) is 4.23. The van der Waals surface area contributed by atoms with E-state index < -0.39 is 0 Å². The van der Waals surface area contributed by atoms with Crippen LogP contribution in [0.15, 0.2) is 18.2 Å². The second-order valence-electron chi connectivity index (χ2n) is 4.23. The van der Waals surface area contributed by atoms with Gasteiger partial charge in [0.25, 0.3) is 0 Å². The van der Waals surface area contributed by atoms with E-state index in [1.54, 1.807) is 10.6 Å². The molecule has 0 radical (unpaired) electrons. The maximum absolute atomic E-state index is 13.8. The van der Waals surface area contributed by atoms with Gasteiger partial charge in [0.05, 0.1) is 11.2 Å². The normalized spacial score (nSPS) is 11.3. The molecule has 84 valence electrons. The quantitative estimate of drug-likeness (QED) is 0.709. The van der Waals surface area contributed by atoms with Crippen molar-refractivity contribution >= 4 is 17.2 Å². The summed E-state index contributed by atoms with van der Waals surface area (Å²) in [4.78, 5) is 11.1. The molecule has 0 amide bonds. The molecule has 2 nitrogen and oxygen atoms in total. The van der Waals surface area contributed by atoms with Gasteiger partial charge in [-0.05, 0) is 32.4 Å². The predicted molar refractivity (Wildman–Crippen MR) is 62.4 cm³/mol. The molecule has 1 heterocycles. The van der Waals surface area contributed by atoms with Gasteiger partial charge in [-0.2, -0.15) is 0 Å². The Labute approximate surface area is 93.7 Å². The van der Waals surface area contributed by atoms with Gasteiger partial charge in [0, 0.05) is 11.4 Å². The predicted octanol–water partition coefficient (Wildman–Crippen LogP) is 3.48. The Bertz CT molecular complexity index is 555. The molecule has 0 aliphatic carbocycles. The van der Waals surface area contributed by atoms with Crippen LogP contribution < -0.4 is 0 Å². The fraction of sp³-hybridized carbons (Fsp3) is 0.308. The van der Waals surface area contributed by atoms with Crippen molar-refractivity contribution in [2.75, 3.05) is 0 Å². The Hall–Kier alpha value is -1.64. The van der Waals surface area contributed by atoms with Crippen LogP contribution in [0.3, 0.4) is 0 Å². The third kappa shape index (κ3) is 1.35. The number of para-hydroxylation sites is 1. The van der Waals surface area contributed by atoms with E-state index >= 15 is 0 Å². The molecule has 16 heavy (non-hydrogen) atoms. The van der Waals surface area contributed by atoms with Gasteiger partial charge in [-0.15, -0.1) is 0 Å². The molecule has 0 atom stereocenters. The minimum Gasteiger partial charge on any atom is -0.333 e. The summed E-state index contributed by atoms with van der Waals surface area (Å²) in [6.07, 6.45) is 0.800. The number of aromatic nitrogens is 1. The number of fused-ring (bicyclic) bond motifs is 1. The highest BCUT2D eigenvalue weighted by molar-refractivity contribution is 5.93. The maximum Gasteiger partial charge on any atom is 0.166 e. The van der Waals surface area contributed by atoms with Crippen LogP contribution in [0.1, 0.15) is 35.9 Å².